The Morgan fingerprint density at radius 3 is 2.28 bits per heavy atom. The van der Waals surface area contributed by atoms with Gasteiger partial charge >= 0.3 is 0 Å². The molecule has 0 atom stereocenters. The molecule has 0 saturated carbocycles. The van der Waals surface area contributed by atoms with Gasteiger partial charge in [-0.3, -0.25) is 9.59 Å². The Balaban J connectivity index is 0.000000771. The molecule has 1 aliphatic heterocycles. The van der Waals surface area contributed by atoms with E-state index in [9.17, 15) is 9.59 Å². The topological polar surface area (TPSA) is 37.4 Å². The zero-order valence-corrected chi connectivity index (χ0v) is 10.8. The van der Waals surface area contributed by atoms with Gasteiger partial charge in [-0.05, 0) is 18.6 Å². The van der Waals surface area contributed by atoms with Gasteiger partial charge in [0.15, 0.2) is 0 Å². The highest BCUT2D eigenvalue weighted by atomic mass is 16.2. The normalized spacial score (nSPS) is 14.7. The van der Waals surface area contributed by atoms with Crippen molar-refractivity contribution in [2.75, 3.05) is 13.1 Å². The molecule has 96 valence electrons. The van der Waals surface area contributed by atoms with E-state index in [1.165, 1.54) is 0 Å². The second kappa shape index (κ2) is 6.74. The van der Waals surface area contributed by atoms with Crippen LogP contribution < -0.4 is 0 Å². The van der Waals surface area contributed by atoms with Gasteiger partial charge in [-0.15, -0.1) is 13.2 Å². The van der Waals surface area contributed by atoms with Crippen LogP contribution >= 0.6 is 0 Å². The van der Waals surface area contributed by atoms with Gasteiger partial charge in [0.05, 0.1) is 0 Å². The molecule has 1 aromatic rings. The molecule has 3 nitrogen and oxygen atoms in total. The lowest BCUT2D eigenvalue weighted by atomic mass is 10.0. The number of aryl methyl sites for hydroxylation is 1. The van der Waals surface area contributed by atoms with Gasteiger partial charge in [0.2, 0.25) is 0 Å². The zero-order chi connectivity index (χ0) is 13.5. The average Bonchev–Trinajstić information content (AvgIpc) is 2.42. The summed E-state index contributed by atoms with van der Waals surface area (Å²) >= 11 is 0. The van der Waals surface area contributed by atoms with E-state index < -0.39 is 0 Å². The Morgan fingerprint density at radius 2 is 1.72 bits per heavy atom. The van der Waals surface area contributed by atoms with E-state index in [0.29, 0.717) is 25.9 Å². The minimum absolute atomic E-state index is 0.0469. The van der Waals surface area contributed by atoms with E-state index in [1.807, 2.05) is 31.2 Å². The molecule has 0 aliphatic carbocycles. The quantitative estimate of drug-likeness (QED) is 0.713. The van der Waals surface area contributed by atoms with Crippen LogP contribution in [0.2, 0.25) is 0 Å². The average molecular weight is 245 g/mol. The third-order valence-electron chi connectivity index (χ3n) is 2.98. The molecule has 18 heavy (non-hydrogen) atoms. The Kier molecular flexibility index (Phi) is 5.31. The first-order valence-corrected chi connectivity index (χ1v) is 6.05. The molecular weight excluding hydrogens is 226 g/mol. The summed E-state index contributed by atoms with van der Waals surface area (Å²) in [5.74, 6) is 0.305. The molecule has 1 fully saturated rings. The third-order valence-corrected chi connectivity index (χ3v) is 2.98. The molecule has 0 unspecified atom stereocenters. The first kappa shape index (κ1) is 14.2. The summed E-state index contributed by atoms with van der Waals surface area (Å²) < 4.78 is 0. The number of ketones is 1. The first-order chi connectivity index (χ1) is 8.68. The van der Waals surface area contributed by atoms with Crippen molar-refractivity contribution in [1.29, 1.82) is 0 Å². The van der Waals surface area contributed by atoms with Crippen molar-refractivity contribution in [2.45, 2.75) is 19.8 Å². The van der Waals surface area contributed by atoms with Crippen LogP contribution in [0.4, 0.5) is 0 Å². The molecule has 0 aromatic heterocycles. The van der Waals surface area contributed by atoms with E-state index in [1.54, 1.807) is 4.90 Å². The standard InChI is InChI=1S/C13H15NO2.C2H4/c1-10-4-2-3-5-12(10)13(16)14-8-6-11(15)7-9-14;1-2/h2-5H,6-9H2,1H3;1-2H2. The van der Waals surface area contributed by atoms with Crippen molar-refractivity contribution >= 4 is 11.7 Å². The van der Waals surface area contributed by atoms with Gasteiger partial charge < -0.3 is 4.90 Å². The highest BCUT2D eigenvalue weighted by Gasteiger charge is 2.22. The van der Waals surface area contributed by atoms with E-state index in [0.717, 1.165) is 11.1 Å². The number of carbonyl (C=O) groups is 2. The number of nitrogens with zero attached hydrogens (tertiary/aromatic N) is 1. The van der Waals surface area contributed by atoms with Crippen molar-refractivity contribution in [1.82, 2.24) is 4.90 Å². The Labute approximate surface area is 108 Å². The van der Waals surface area contributed by atoms with Crippen molar-refractivity contribution in [3.05, 3.63) is 48.6 Å². The second-order valence-corrected chi connectivity index (χ2v) is 4.15. The predicted molar refractivity (Wildman–Crippen MR) is 72.6 cm³/mol. The van der Waals surface area contributed by atoms with Crippen LogP contribution in [0, 0.1) is 6.92 Å². The number of rotatable bonds is 1. The molecular formula is C15H19NO2. The fraction of sp³-hybridized carbons (Fsp3) is 0.333. The van der Waals surface area contributed by atoms with E-state index in [2.05, 4.69) is 13.2 Å². The summed E-state index contributed by atoms with van der Waals surface area (Å²) in [6.45, 7) is 9.06. The van der Waals surface area contributed by atoms with Crippen LogP contribution in [-0.2, 0) is 4.79 Å². The largest absolute Gasteiger partial charge is 0.338 e. The van der Waals surface area contributed by atoms with Gasteiger partial charge in [0, 0.05) is 31.5 Å². The van der Waals surface area contributed by atoms with Crippen molar-refractivity contribution in [3.8, 4) is 0 Å². The number of hydrogen-bond donors (Lipinski definition) is 0. The summed E-state index contributed by atoms with van der Waals surface area (Å²) in [4.78, 5) is 25.0. The third kappa shape index (κ3) is 3.29. The van der Waals surface area contributed by atoms with Gasteiger partial charge in [0.1, 0.15) is 5.78 Å². The second-order valence-electron chi connectivity index (χ2n) is 4.15. The maximum Gasteiger partial charge on any atom is 0.254 e. The lowest BCUT2D eigenvalue weighted by Crippen LogP contribution is -2.38. The predicted octanol–water partition coefficient (Wildman–Crippen LogP) is 2.60. The lowest BCUT2D eigenvalue weighted by Gasteiger charge is -2.26. The zero-order valence-electron chi connectivity index (χ0n) is 10.8. The van der Waals surface area contributed by atoms with Gasteiger partial charge in [-0.25, -0.2) is 0 Å². The highest BCUT2D eigenvalue weighted by molar-refractivity contribution is 5.96. The number of piperidine rings is 1. The molecule has 3 heteroatoms. The van der Waals surface area contributed by atoms with Crippen LogP contribution in [0.5, 0.6) is 0 Å². The summed E-state index contributed by atoms with van der Waals surface area (Å²) in [6, 6.07) is 7.57. The Morgan fingerprint density at radius 1 is 1.17 bits per heavy atom. The van der Waals surface area contributed by atoms with Crippen molar-refractivity contribution in [3.63, 3.8) is 0 Å². The SMILES string of the molecule is C=C.Cc1ccccc1C(=O)N1CCC(=O)CC1. The Hall–Kier alpha value is -1.90. The van der Waals surface area contributed by atoms with Gasteiger partial charge in [0.25, 0.3) is 5.91 Å². The summed E-state index contributed by atoms with van der Waals surface area (Å²) in [5.41, 5.74) is 1.74. The molecule has 1 amide bonds. The molecule has 0 radical (unpaired) electrons. The van der Waals surface area contributed by atoms with E-state index in [4.69, 9.17) is 0 Å². The number of likely N-dealkylation sites (tertiary alicyclic amines) is 1. The summed E-state index contributed by atoms with van der Waals surface area (Å²) in [6.07, 6.45) is 0.995. The first-order valence-electron chi connectivity index (χ1n) is 6.05. The number of amides is 1. The minimum Gasteiger partial charge on any atom is -0.338 e. The number of hydrogen-bond acceptors (Lipinski definition) is 2. The molecule has 2 rings (SSSR count). The monoisotopic (exact) mass is 245 g/mol. The van der Waals surface area contributed by atoms with Crippen molar-refractivity contribution < 1.29 is 9.59 Å². The Bertz CT molecular complexity index is 430. The molecule has 1 aliphatic rings. The number of benzene rings is 1. The fourth-order valence-electron chi connectivity index (χ4n) is 1.94. The lowest BCUT2D eigenvalue weighted by molar-refractivity contribution is -0.120. The molecule has 1 saturated heterocycles. The van der Waals surface area contributed by atoms with Gasteiger partial charge in [-0.1, -0.05) is 18.2 Å². The fourth-order valence-corrected chi connectivity index (χ4v) is 1.94. The number of carbonyl (C=O) groups excluding carboxylic acids is 2. The molecule has 1 aromatic carbocycles. The molecule has 0 N–H and O–H groups in total. The molecule has 1 heterocycles. The minimum atomic E-state index is 0.0469. The van der Waals surface area contributed by atoms with Crippen molar-refractivity contribution in [2.24, 2.45) is 0 Å². The van der Waals surface area contributed by atoms with Crippen LogP contribution in [0.15, 0.2) is 37.4 Å². The van der Waals surface area contributed by atoms with Crippen LogP contribution in [0.1, 0.15) is 28.8 Å². The smallest absolute Gasteiger partial charge is 0.254 e. The highest BCUT2D eigenvalue weighted by Crippen LogP contribution is 2.14. The van der Waals surface area contributed by atoms with Crippen LogP contribution in [0.25, 0.3) is 0 Å². The maximum atomic E-state index is 12.1. The number of Topliss-reactive ketones (excluding diaryl/α,β-unsaturated/α-hetero) is 1. The maximum absolute atomic E-state index is 12.1. The van der Waals surface area contributed by atoms with E-state index >= 15 is 0 Å². The van der Waals surface area contributed by atoms with Gasteiger partial charge in [-0.2, -0.15) is 0 Å². The van der Waals surface area contributed by atoms with E-state index in [-0.39, 0.29) is 11.7 Å². The molecule has 0 spiro atoms. The molecule has 0 bridgehead atoms. The van der Waals surface area contributed by atoms with Crippen LogP contribution in [0.3, 0.4) is 0 Å². The summed E-state index contributed by atoms with van der Waals surface area (Å²) in [5, 5.41) is 0. The summed E-state index contributed by atoms with van der Waals surface area (Å²) in [7, 11) is 0. The van der Waals surface area contributed by atoms with Crippen LogP contribution in [-0.4, -0.2) is 29.7 Å².